The third-order valence-corrected chi connectivity index (χ3v) is 4.46. The van der Waals surface area contributed by atoms with Gasteiger partial charge in [0.25, 0.3) is 5.91 Å². The summed E-state index contributed by atoms with van der Waals surface area (Å²) < 4.78 is 11.0. The summed E-state index contributed by atoms with van der Waals surface area (Å²) in [5.74, 6) is 2.27. The standard InChI is InChI=1S/C23H31NO3/c1-16(2)14-21(18-10-12-19(26-5)13-11-18)24-23(25)15-27-22-9-7-6-8-20(22)17(3)4/h6-13,16-17,21H,14-15H2,1-5H3,(H,24,25)/t21-/m0/s1. The van der Waals surface area contributed by atoms with E-state index in [1.165, 1.54) is 0 Å². The SMILES string of the molecule is COc1ccc([C@H](CC(C)C)NC(=O)COc2ccccc2C(C)C)cc1. The lowest BCUT2D eigenvalue weighted by molar-refractivity contribution is -0.124. The van der Waals surface area contributed by atoms with Gasteiger partial charge >= 0.3 is 0 Å². The topological polar surface area (TPSA) is 47.6 Å². The lowest BCUT2D eigenvalue weighted by atomic mass is 9.97. The van der Waals surface area contributed by atoms with E-state index in [0.717, 1.165) is 29.0 Å². The van der Waals surface area contributed by atoms with Crippen molar-refractivity contribution >= 4 is 5.91 Å². The van der Waals surface area contributed by atoms with E-state index in [1.54, 1.807) is 7.11 Å². The van der Waals surface area contributed by atoms with Crippen LogP contribution in [0.3, 0.4) is 0 Å². The minimum absolute atomic E-state index is 0.00842. The fourth-order valence-electron chi connectivity index (χ4n) is 3.05. The summed E-state index contributed by atoms with van der Waals surface area (Å²) >= 11 is 0. The van der Waals surface area contributed by atoms with Gasteiger partial charge in [0, 0.05) is 0 Å². The Morgan fingerprint density at radius 2 is 1.67 bits per heavy atom. The van der Waals surface area contributed by atoms with Gasteiger partial charge in [0.2, 0.25) is 0 Å². The van der Waals surface area contributed by atoms with Crippen molar-refractivity contribution in [3.63, 3.8) is 0 Å². The largest absolute Gasteiger partial charge is 0.497 e. The molecule has 0 aliphatic carbocycles. The number of amides is 1. The summed E-state index contributed by atoms with van der Waals surface area (Å²) in [4.78, 5) is 12.5. The van der Waals surface area contributed by atoms with Crippen molar-refractivity contribution in [3.8, 4) is 11.5 Å². The Hall–Kier alpha value is -2.49. The zero-order valence-corrected chi connectivity index (χ0v) is 17.0. The van der Waals surface area contributed by atoms with Gasteiger partial charge in [-0.15, -0.1) is 0 Å². The lowest BCUT2D eigenvalue weighted by Crippen LogP contribution is -2.33. The first kappa shape index (κ1) is 20.8. The molecule has 2 rings (SSSR count). The van der Waals surface area contributed by atoms with Crippen LogP contribution in [0.25, 0.3) is 0 Å². The van der Waals surface area contributed by atoms with Crippen LogP contribution in [-0.4, -0.2) is 19.6 Å². The molecule has 1 atom stereocenters. The third kappa shape index (κ3) is 6.31. The number of nitrogens with one attached hydrogen (secondary N) is 1. The van der Waals surface area contributed by atoms with Crippen LogP contribution >= 0.6 is 0 Å². The first-order chi connectivity index (χ1) is 12.9. The smallest absolute Gasteiger partial charge is 0.258 e. The Kier molecular flexibility index (Phi) is 7.71. The van der Waals surface area contributed by atoms with Crippen LogP contribution in [0.4, 0.5) is 0 Å². The quantitative estimate of drug-likeness (QED) is 0.669. The first-order valence-corrected chi connectivity index (χ1v) is 9.55. The summed E-state index contributed by atoms with van der Waals surface area (Å²) in [7, 11) is 1.65. The highest BCUT2D eigenvalue weighted by Gasteiger charge is 2.17. The van der Waals surface area contributed by atoms with E-state index in [9.17, 15) is 4.79 Å². The average molecular weight is 370 g/mol. The van der Waals surface area contributed by atoms with Crippen molar-refractivity contribution in [3.05, 3.63) is 59.7 Å². The second kappa shape index (κ2) is 10.0. The number of carbonyl (C=O) groups excluding carboxylic acids is 1. The van der Waals surface area contributed by atoms with E-state index in [0.29, 0.717) is 11.8 Å². The molecule has 0 radical (unpaired) electrons. The summed E-state index contributed by atoms with van der Waals surface area (Å²) in [6.07, 6.45) is 0.862. The average Bonchev–Trinajstić information content (AvgIpc) is 2.65. The molecule has 0 saturated carbocycles. The monoisotopic (exact) mass is 369 g/mol. The molecule has 0 heterocycles. The van der Waals surface area contributed by atoms with Crippen LogP contribution in [0.1, 0.15) is 57.2 Å². The maximum atomic E-state index is 12.5. The molecule has 0 aliphatic rings. The predicted octanol–water partition coefficient (Wildman–Crippen LogP) is 5.10. The van der Waals surface area contributed by atoms with E-state index in [-0.39, 0.29) is 18.6 Å². The van der Waals surface area contributed by atoms with E-state index in [2.05, 4.69) is 33.0 Å². The Balaban J connectivity index is 2.03. The van der Waals surface area contributed by atoms with Crippen LogP contribution in [0, 0.1) is 5.92 Å². The predicted molar refractivity (Wildman–Crippen MR) is 109 cm³/mol. The molecular formula is C23H31NO3. The van der Waals surface area contributed by atoms with Gasteiger partial charge in [-0.3, -0.25) is 4.79 Å². The van der Waals surface area contributed by atoms with Crippen molar-refractivity contribution in [1.82, 2.24) is 5.32 Å². The molecule has 0 aromatic heterocycles. The Morgan fingerprint density at radius 3 is 2.26 bits per heavy atom. The minimum Gasteiger partial charge on any atom is -0.497 e. The number of para-hydroxylation sites is 1. The van der Waals surface area contributed by atoms with Gasteiger partial charge < -0.3 is 14.8 Å². The molecular weight excluding hydrogens is 338 g/mol. The highest BCUT2D eigenvalue weighted by molar-refractivity contribution is 5.78. The highest BCUT2D eigenvalue weighted by Crippen LogP contribution is 2.26. The third-order valence-electron chi connectivity index (χ3n) is 4.46. The molecule has 2 aromatic carbocycles. The molecule has 0 unspecified atom stereocenters. The molecule has 1 amide bonds. The molecule has 4 heteroatoms. The van der Waals surface area contributed by atoms with Crippen LogP contribution in [0.15, 0.2) is 48.5 Å². The van der Waals surface area contributed by atoms with Crippen LogP contribution < -0.4 is 14.8 Å². The zero-order chi connectivity index (χ0) is 19.8. The van der Waals surface area contributed by atoms with Gasteiger partial charge in [-0.25, -0.2) is 0 Å². The molecule has 0 bridgehead atoms. The van der Waals surface area contributed by atoms with Gasteiger partial charge in [0.05, 0.1) is 13.2 Å². The number of carbonyl (C=O) groups is 1. The van der Waals surface area contributed by atoms with E-state index >= 15 is 0 Å². The number of hydrogen-bond acceptors (Lipinski definition) is 3. The second-order valence-corrected chi connectivity index (χ2v) is 7.50. The molecule has 27 heavy (non-hydrogen) atoms. The summed E-state index contributed by atoms with van der Waals surface area (Å²) in [6, 6.07) is 15.7. The number of benzene rings is 2. The van der Waals surface area contributed by atoms with Gasteiger partial charge in [-0.2, -0.15) is 0 Å². The molecule has 1 N–H and O–H groups in total. The van der Waals surface area contributed by atoms with Crippen molar-refractivity contribution < 1.29 is 14.3 Å². The van der Waals surface area contributed by atoms with Gasteiger partial charge in [-0.05, 0) is 47.6 Å². The summed E-state index contributed by atoms with van der Waals surface area (Å²) in [6.45, 7) is 8.54. The maximum absolute atomic E-state index is 12.5. The van der Waals surface area contributed by atoms with E-state index in [1.807, 2.05) is 48.5 Å². The Morgan fingerprint density at radius 1 is 1.00 bits per heavy atom. The van der Waals surface area contributed by atoms with Crippen molar-refractivity contribution in [2.45, 2.75) is 46.1 Å². The van der Waals surface area contributed by atoms with Crippen molar-refractivity contribution in [1.29, 1.82) is 0 Å². The Bertz CT molecular complexity index is 723. The second-order valence-electron chi connectivity index (χ2n) is 7.50. The maximum Gasteiger partial charge on any atom is 0.258 e. The van der Waals surface area contributed by atoms with Crippen molar-refractivity contribution in [2.24, 2.45) is 5.92 Å². The van der Waals surface area contributed by atoms with Crippen molar-refractivity contribution in [2.75, 3.05) is 13.7 Å². The number of rotatable bonds is 9. The van der Waals surface area contributed by atoms with E-state index < -0.39 is 0 Å². The molecule has 4 nitrogen and oxygen atoms in total. The normalized spacial score (nSPS) is 12.1. The van der Waals surface area contributed by atoms with Crippen LogP contribution in [-0.2, 0) is 4.79 Å². The molecule has 0 saturated heterocycles. The summed E-state index contributed by atoms with van der Waals surface area (Å²) in [5, 5.41) is 3.12. The summed E-state index contributed by atoms with van der Waals surface area (Å²) in [5.41, 5.74) is 2.18. The number of ether oxygens (including phenoxy) is 2. The highest BCUT2D eigenvalue weighted by atomic mass is 16.5. The van der Waals surface area contributed by atoms with Gasteiger partial charge in [0.15, 0.2) is 6.61 Å². The molecule has 146 valence electrons. The molecule has 2 aromatic rings. The first-order valence-electron chi connectivity index (χ1n) is 9.55. The minimum atomic E-state index is -0.116. The van der Waals surface area contributed by atoms with Crippen LogP contribution in [0.5, 0.6) is 11.5 Å². The molecule has 0 spiro atoms. The Labute approximate surface area is 162 Å². The molecule has 0 aliphatic heterocycles. The van der Waals surface area contributed by atoms with E-state index in [4.69, 9.17) is 9.47 Å². The molecule has 0 fully saturated rings. The fourth-order valence-corrected chi connectivity index (χ4v) is 3.05. The van der Waals surface area contributed by atoms with Crippen LogP contribution in [0.2, 0.25) is 0 Å². The fraction of sp³-hybridized carbons (Fsp3) is 0.435. The van der Waals surface area contributed by atoms with Gasteiger partial charge in [-0.1, -0.05) is 58.0 Å². The number of hydrogen-bond donors (Lipinski definition) is 1. The van der Waals surface area contributed by atoms with Gasteiger partial charge in [0.1, 0.15) is 11.5 Å². The zero-order valence-electron chi connectivity index (χ0n) is 17.0. The number of methoxy groups -OCH3 is 1. The lowest BCUT2D eigenvalue weighted by Gasteiger charge is -2.22.